The number of piperazine rings is 1. The van der Waals surface area contributed by atoms with Crippen molar-refractivity contribution in [3.63, 3.8) is 0 Å². The molecule has 4 rings (SSSR count). The normalized spacial score (nSPS) is 22.6. The van der Waals surface area contributed by atoms with Gasteiger partial charge >= 0.3 is 0 Å². The molecule has 0 radical (unpaired) electrons. The van der Waals surface area contributed by atoms with Crippen LogP contribution in [0, 0.1) is 5.82 Å². The van der Waals surface area contributed by atoms with Gasteiger partial charge in [-0.25, -0.2) is 12.8 Å². The summed E-state index contributed by atoms with van der Waals surface area (Å²) in [6.45, 7) is 6.01. The van der Waals surface area contributed by atoms with Crippen LogP contribution in [0.25, 0.3) is 0 Å². The number of hydrogen-bond acceptors (Lipinski definition) is 5. The van der Waals surface area contributed by atoms with Crippen LogP contribution in [0.3, 0.4) is 0 Å². The Hall–Kier alpha value is -1.81. The molecule has 1 amide bonds. The van der Waals surface area contributed by atoms with Gasteiger partial charge in [0.1, 0.15) is 5.82 Å². The maximum absolute atomic E-state index is 15.1. The quantitative estimate of drug-likeness (QED) is 0.451. The maximum Gasteiger partial charge on any atom is 0.219 e. The fourth-order valence-electron chi connectivity index (χ4n) is 4.85. The van der Waals surface area contributed by atoms with Crippen molar-refractivity contribution in [3.8, 4) is 0 Å². The van der Waals surface area contributed by atoms with Crippen molar-refractivity contribution in [3.05, 3.63) is 58.9 Å². The van der Waals surface area contributed by atoms with Crippen molar-refractivity contribution >= 4 is 45.0 Å². The van der Waals surface area contributed by atoms with Crippen molar-refractivity contribution in [2.45, 2.75) is 55.8 Å². The average molecular weight is 554 g/mol. The number of nitrogens with zero attached hydrogens (tertiary/aromatic N) is 3. The highest BCUT2D eigenvalue weighted by molar-refractivity contribution is 7.99. The average Bonchev–Trinajstić information content (AvgIpc) is 2.85. The van der Waals surface area contributed by atoms with Crippen molar-refractivity contribution in [2.75, 3.05) is 36.8 Å². The second kappa shape index (κ2) is 11.7. The molecule has 196 valence electrons. The third-order valence-corrected chi connectivity index (χ3v) is 10.9. The van der Waals surface area contributed by atoms with Crippen molar-refractivity contribution in [1.82, 2.24) is 9.21 Å². The first kappa shape index (κ1) is 27.2. The van der Waals surface area contributed by atoms with E-state index in [1.165, 1.54) is 10.4 Å². The molecular weight excluding hydrogens is 521 g/mol. The van der Waals surface area contributed by atoms with Crippen LogP contribution >= 0.6 is 23.4 Å². The summed E-state index contributed by atoms with van der Waals surface area (Å²) in [6.07, 6.45) is 1.93. The first-order chi connectivity index (χ1) is 17.1. The minimum atomic E-state index is -3.55. The van der Waals surface area contributed by atoms with Gasteiger partial charge in [0.2, 0.25) is 15.9 Å². The van der Waals surface area contributed by atoms with Gasteiger partial charge in [-0.2, -0.15) is 4.31 Å². The molecule has 36 heavy (non-hydrogen) atoms. The van der Waals surface area contributed by atoms with E-state index in [-0.39, 0.29) is 18.5 Å². The van der Waals surface area contributed by atoms with Crippen LogP contribution in [0.1, 0.15) is 38.7 Å². The molecule has 2 fully saturated rings. The number of hydrogen-bond donors (Lipinski definition) is 0. The zero-order chi connectivity index (χ0) is 25.9. The molecular formula is C26H33ClFN3O3S2. The van der Waals surface area contributed by atoms with E-state index < -0.39 is 21.1 Å². The standard InChI is InChI=1S/C26H33ClFN3O3S2/c1-19-3-10-25(11-16-35-24-8-5-22(27)6-9-24)36(33,34)31(19)18-21-4-7-23(17-26(21)28)30-14-12-29(13-15-30)20(2)32/h4-9,17,19,25H,3,10-16,18H2,1-2H3. The summed E-state index contributed by atoms with van der Waals surface area (Å²) in [4.78, 5) is 16.5. The van der Waals surface area contributed by atoms with Gasteiger partial charge in [-0.15, -0.1) is 11.8 Å². The number of benzene rings is 2. The lowest BCUT2D eigenvalue weighted by Gasteiger charge is -2.38. The van der Waals surface area contributed by atoms with Gasteiger partial charge < -0.3 is 9.80 Å². The monoisotopic (exact) mass is 553 g/mol. The molecule has 0 bridgehead atoms. The Morgan fingerprint density at radius 3 is 2.42 bits per heavy atom. The van der Waals surface area contributed by atoms with Crippen LogP contribution in [0.15, 0.2) is 47.4 Å². The van der Waals surface area contributed by atoms with Crippen molar-refractivity contribution < 1.29 is 17.6 Å². The molecule has 2 aliphatic rings. The minimum Gasteiger partial charge on any atom is -0.368 e. The van der Waals surface area contributed by atoms with Gasteiger partial charge in [-0.05, 0) is 68.3 Å². The van der Waals surface area contributed by atoms with Crippen LogP contribution in [-0.4, -0.2) is 66.8 Å². The summed E-state index contributed by atoms with van der Waals surface area (Å²) in [5.74, 6) is 0.340. The molecule has 0 aromatic heterocycles. The van der Waals surface area contributed by atoms with Crippen LogP contribution in [0.4, 0.5) is 10.1 Å². The fraction of sp³-hybridized carbons (Fsp3) is 0.500. The minimum absolute atomic E-state index is 0.0363. The van der Waals surface area contributed by atoms with E-state index in [1.807, 2.05) is 37.3 Å². The molecule has 0 N–H and O–H groups in total. The zero-order valence-corrected chi connectivity index (χ0v) is 23.1. The first-order valence-electron chi connectivity index (χ1n) is 12.3. The van der Waals surface area contributed by atoms with E-state index in [9.17, 15) is 13.2 Å². The number of sulfonamides is 1. The highest BCUT2D eigenvalue weighted by Gasteiger charge is 2.39. The first-order valence-corrected chi connectivity index (χ1v) is 15.2. The van der Waals surface area contributed by atoms with Gasteiger partial charge in [0.25, 0.3) is 0 Å². The molecule has 2 atom stereocenters. The molecule has 6 nitrogen and oxygen atoms in total. The van der Waals surface area contributed by atoms with Gasteiger partial charge in [0.15, 0.2) is 0 Å². The Labute approximate surface area is 222 Å². The summed E-state index contributed by atoms with van der Waals surface area (Å²) in [5.41, 5.74) is 1.14. The van der Waals surface area contributed by atoms with Crippen LogP contribution in [0.5, 0.6) is 0 Å². The van der Waals surface area contributed by atoms with E-state index in [0.29, 0.717) is 55.4 Å². The highest BCUT2D eigenvalue weighted by atomic mass is 35.5. The molecule has 0 saturated carbocycles. The summed E-state index contributed by atoms with van der Waals surface area (Å²) >= 11 is 7.56. The third-order valence-electron chi connectivity index (χ3n) is 7.12. The van der Waals surface area contributed by atoms with Crippen LogP contribution in [0.2, 0.25) is 5.02 Å². The van der Waals surface area contributed by atoms with Crippen LogP contribution < -0.4 is 4.90 Å². The topological polar surface area (TPSA) is 60.9 Å². The predicted molar refractivity (Wildman–Crippen MR) is 145 cm³/mol. The summed E-state index contributed by atoms with van der Waals surface area (Å²) < 4.78 is 43.5. The summed E-state index contributed by atoms with van der Waals surface area (Å²) in [6, 6.07) is 12.4. The molecule has 2 heterocycles. The lowest BCUT2D eigenvalue weighted by Crippen LogP contribution is -2.48. The Bertz CT molecular complexity index is 1170. The molecule has 2 aromatic rings. The number of halogens is 2. The van der Waals surface area contributed by atoms with E-state index in [1.54, 1.807) is 29.7 Å². The van der Waals surface area contributed by atoms with Gasteiger partial charge in [0.05, 0.1) is 5.25 Å². The van der Waals surface area contributed by atoms with Crippen LogP contribution in [-0.2, 0) is 21.4 Å². The van der Waals surface area contributed by atoms with E-state index in [0.717, 1.165) is 17.0 Å². The Morgan fingerprint density at radius 2 is 1.78 bits per heavy atom. The Morgan fingerprint density at radius 1 is 1.08 bits per heavy atom. The number of carbonyl (C=O) groups is 1. The number of amides is 1. The van der Waals surface area contributed by atoms with Crippen molar-refractivity contribution in [2.24, 2.45) is 0 Å². The van der Waals surface area contributed by atoms with Gasteiger partial charge in [0, 0.05) is 66.9 Å². The van der Waals surface area contributed by atoms with E-state index in [4.69, 9.17) is 11.6 Å². The Kier molecular flexibility index (Phi) is 8.86. The molecule has 0 aliphatic carbocycles. The van der Waals surface area contributed by atoms with Crippen molar-refractivity contribution in [1.29, 1.82) is 0 Å². The smallest absolute Gasteiger partial charge is 0.219 e. The number of anilines is 1. The van der Waals surface area contributed by atoms with E-state index in [2.05, 4.69) is 4.90 Å². The summed E-state index contributed by atoms with van der Waals surface area (Å²) in [7, 11) is -3.55. The SMILES string of the molecule is CC(=O)N1CCN(c2ccc(CN3C(C)CCC(CCSc4ccc(Cl)cc4)S3(=O)=O)c(F)c2)CC1. The third kappa shape index (κ3) is 6.36. The second-order valence-electron chi connectivity index (χ2n) is 9.50. The van der Waals surface area contributed by atoms with E-state index >= 15 is 4.39 Å². The molecule has 2 aromatic carbocycles. The lowest BCUT2D eigenvalue weighted by atomic mass is 10.1. The largest absolute Gasteiger partial charge is 0.368 e. The second-order valence-corrected chi connectivity index (χ2v) is 13.3. The zero-order valence-electron chi connectivity index (χ0n) is 20.7. The number of thioether (sulfide) groups is 1. The molecule has 10 heteroatoms. The van der Waals surface area contributed by atoms with Gasteiger partial charge in [-0.1, -0.05) is 17.7 Å². The fourth-order valence-corrected chi connectivity index (χ4v) is 8.25. The molecule has 2 saturated heterocycles. The predicted octanol–water partition coefficient (Wildman–Crippen LogP) is 5.01. The maximum atomic E-state index is 15.1. The lowest BCUT2D eigenvalue weighted by molar-refractivity contribution is -0.129. The number of carbonyl (C=O) groups excluding carboxylic acids is 1. The molecule has 2 aliphatic heterocycles. The summed E-state index contributed by atoms with van der Waals surface area (Å²) in [5, 5.41) is 0.211. The Balaban J connectivity index is 1.39. The molecule has 0 spiro atoms. The number of rotatable bonds is 7. The molecule has 2 unspecified atom stereocenters. The van der Waals surface area contributed by atoms with Gasteiger partial charge in [-0.3, -0.25) is 4.79 Å². The highest BCUT2D eigenvalue weighted by Crippen LogP contribution is 2.33.